The highest BCUT2D eigenvalue weighted by Gasteiger charge is 2.38. The van der Waals surface area contributed by atoms with Gasteiger partial charge in [0.2, 0.25) is 0 Å². The second-order valence-electron chi connectivity index (χ2n) is 6.97. The summed E-state index contributed by atoms with van der Waals surface area (Å²) in [5, 5.41) is 9.96. The standard InChI is InChI=1S/C20H30O5/c1-5-6-11-23-17-9-7-16(8-10-17)20(22)24-12-18-14(3)13(2)15(4)19(21)25-18/h7-10,13-15,18-19,21H,5-6,11-12H2,1-4H3/t13-,14-,15?,18?,19-/m0/s1. The third kappa shape index (κ3) is 5.19. The van der Waals surface area contributed by atoms with Crippen molar-refractivity contribution >= 4 is 5.97 Å². The third-order valence-electron chi connectivity index (χ3n) is 5.24. The molecule has 1 N–H and O–H groups in total. The Morgan fingerprint density at radius 1 is 1.12 bits per heavy atom. The van der Waals surface area contributed by atoms with Crippen molar-refractivity contribution in [3.63, 3.8) is 0 Å². The van der Waals surface area contributed by atoms with Gasteiger partial charge >= 0.3 is 5.97 Å². The summed E-state index contributed by atoms with van der Waals surface area (Å²) in [6, 6.07) is 6.96. The lowest BCUT2D eigenvalue weighted by Gasteiger charge is -2.41. The molecular weight excluding hydrogens is 320 g/mol. The molecular formula is C20H30O5. The van der Waals surface area contributed by atoms with Crippen LogP contribution in [-0.2, 0) is 9.47 Å². The van der Waals surface area contributed by atoms with Crippen molar-refractivity contribution in [2.24, 2.45) is 17.8 Å². The quantitative estimate of drug-likeness (QED) is 0.601. The number of unbranched alkanes of at least 4 members (excludes halogenated alkanes) is 1. The number of aliphatic hydroxyl groups excluding tert-OH is 1. The number of carbonyl (C=O) groups excluding carboxylic acids is 1. The Kier molecular flexibility index (Phi) is 7.26. The molecule has 0 amide bonds. The van der Waals surface area contributed by atoms with E-state index >= 15 is 0 Å². The van der Waals surface area contributed by atoms with Crippen LogP contribution in [0.5, 0.6) is 5.75 Å². The minimum absolute atomic E-state index is 0.0715. The molecule has 0 bridgehead atoms. The van der Waals surface area contributed by atoms with Crippen molar-refractivity contribution in [1.82, 2.24) is 0 Å². The molecule has 1 aromatic carbocycles. The van der Waals surface area contributed by atoms with Crippen molar-refractivity contribution in [2.75, 3.05) is 13.2 Å². The molecule has 0 spiro atoms. The molecule has 5 heteroatoms. The first kappa shape index (κ1) is 19.7. The molecule has 1 heterocycles. The second-order valence-corrected chi connectivity index (χ2v) is 6.97. The molecule has 140 valence electrons. The topological polar surface area (TPSA) is 65.0 Å². The van der Waals surface area contributed by atoms with Gasteiger partial charge < -0.3 is 19.3 Å². The molecule has 5 atom stereocenters. The SMILES string of the molecule is CCCCOc1ccc(C(=O)OCC2O[C@H](O)C(C)[C@@H](C)[C@@H]2C)cc1. The van der Waals surface area contributed by atoms with Crippen LogP contribution >= 0.6 is 0 Å². The zero-order valence-electron chi connectivity index (χ0n) is 15.6. The summed E-state index contributed by atoms with van der Waals surface area (Å²) in [6.45, 7) is 9.05. The van der Waals surface area contributed by atoms with E-state index in [1.165, 1.54) is 0 Å². The lowest BCUT2D eigenvalue weighted by Crippen LogP contribution is -2.46. The van der Waals surface area contributed by atoms with E-state index in [1.54, 1.807) is 24.3 Å². The molecule has 25 heavy (non-hydrogen) atoms. The fraction of sp³-hybridized carbons (Fsp3) is 0.650. The molecule has 2 rings (SSSR count). The second kappa shape index (κ2) is 9.20. The zero-order chi connectivity index (χ0) is 18.4. The van der Waals surface area contributed by atoms with Gasteiger partial charge in [-0.1, -0.05) is 34.1 Å². The first-order valence-electron chi connectivity index (χ1n) is 9.17. The molecule has 5 nitrogen and oxygen atoms in total. The Morgan fingerprint density at radius 3 is 2.44 bits per heavy atom. The van der Waals surface area contributed by atoms with Gasteiger partial charge in [0.1, 0.15) is 12.4 Å². The molecule has 0 aromatic heterocycles. The van der Waals surface area contributed by atoms with E-state index in [9.17, 15) is 9.90 Å². The summed E-state index contributed by atoms with van der Waals surface area (Å²) in [4.78, 5) is 12.2. The highest BCUT2D eigenvalue weighted by atomic mass is 16.6. The maximum absolute atomic E-state index is 12.2. The van der Waals surface area contributed by atoms with E-state index < -0.39 is 12.3 Å². The monoisotopic (exact) mass is 350 g/mol. The molecule has 0 aliphatic carbocycles. The van der Waals surface area contributed by atoms with Crippen LogP contribution in [0.1, 0.15) is 50.9 Å². The largest absolute Gasteiger partial charge is 0.494 e. The lowest BCUT2D eigenvalue weighted by molar-refractivity contribution is -0.232. The molecule has 0 radical (unpaired) electrons. The Bertz CT molecular complexity index is 542. The van der Waals surface area contributed by atoms with Gasteiger partial charge in [-0.15, -0.1) is 0 Å². The summed E-state index contributed by atoms with van der Waals surface area (Å²) < 4.78 is 16.6. The van der Waals surface area contributed by atoms with Crippen molar-refractivity contribution in [2.45, 2.75) is 52.9 Å². The van der Waals surface area contributed by atoms with Crippen LogP contribution in [0.2, 0.25) is 0 Å². The first-order chi connectivity index (χ1) is 11.9. The summed E-state index contributed by atoms with van der Waals surface area (Å²) in [6.07, 6.45) is 0.987. The Balaban J connectivity index is 1.85. The van der Waals surface area contributed by atoms with E-state index in [1.807, 2.05) is 6.92 Å². The molecule has 1 aliphatic rings. The van der Waals surface area contributed by atoms with Crippen molar-refractivity contribution in [3.8, 4) is 5.75 Å². The molecule has 0 saturated carbocycles. The summed E-state index contributed by atoms with van der Waals surface area (Å²) in [5.41, 5.74) is 0.480. The first-order valence-corrected chi connectivity index (χ1v) is 9.17. The maximum atomic E-state index is 12.2. The number of hydrogen-bond acceptors (Lipinski definition) is 5. The Morgan fingerprint density at radius 2 is 1.80 bits per heavy atom. The average molecular weight is 350 g/mol. The van der Waals surface area contributed by atoms with E-state index in [0.717, 1.165) is 18.6 Å². The molecule has 1 aromatic rings. The van der Waals surface area contributed by atoms with Crippen molar-refractivity contribution < 1.29 is 24.1 Å². The van der Waals surface area contributed by atoms with E-state index in [2.05, 4.69) is 20.8 Å². The number of benzene rings is 1. The van der Waals surface area contributed by atoms with Gasteiger partial charge in [0.05, 0.1) is 18.3 Å². The summed E-state index contributed by atoms with van der Waals surface area (Å²) in [7, 11) is 0. The minimum atomic E-state index is -0.811. The average Bonchev–Trinajstić information content (AvgIpc) is 2.62. The van der Waals surface area contributed by atoms with E-state index in [4.69, 9.17) is 14.2 Å². The van der Waals surface area contributed by atoms with Crippen LogP contribution in [-0.4, -0.2) is 36.7 Å². The number of aliphatic hydroxyl groups is 1. The highest BCUT2D eigenvalue weighted by molar-refractivity contribution is 5.89. The fourth-order valence-electron chi connectivity index (χ4n) is 2.96. The fourth-order valence-corrected chi connectivity index (χ4v) is 2.96. The normalized spacial score (nSPS) is 29.2. The Hall–Kier alpha value is -1.59. The number of ether oxygens (including phenoxy) is 3. The number of hydrogen-bond donors (Lipinski definition) is 1. The van der Waals surface area contributed by atoms with Gasteiger partial charge in [-0.2, -0.15) is 0 Å². The maximum Gasteiger partial charge on any atom is 0.338 e. The molecule has 1 fully saturated rings. The zero-order valence-corrected chi connectivity index (χ0v) is 15.6. The smallest absolute Gasteiger partial charge is 0.338 e. The van der Waals surface area contributed by atoms with Gasteiger partial charge in [-0.3, -0.25) is 0 Å². The van der Waals surface area contributed by atoms with Crippen LogP contribution in [0, 0.1) is 17.8 Å². The predicted octanol–water partition coefficient (Wildman–Crippen LogP) is 3.65. The van der Waals surface area contributed by atoms with Crippen LogP contribution in [0.4, 0.5) is 0 Å². The van der Waals surface area contributed by atoms with Crippen LogP contribution in [0.15, 0.2) is 24.3 Å². The van der Waals surface area contributed by atoms with Crippen LogP contribution in [0.25, 0.3) is 0 Å². The minimum Gasteiger partial charge on any atom is -0.494 e. The molecule has 2 unspecified atom stereocenters. The lowest BCUT2D eigenvalue weighted by atomic mass is 9.79. The van der Waals surface area contributed by atoms with Gasteiger partial charge in [0.15, 0.2) is 6.29 Å². The van der Waals surface area contributed by atoms with Gasteiger partial charge in [0, 0.05) is 5.92 Å². The van der Waals surface area contributed by atoms with Crippen molar-refractivity contribution in [1.29, 1.82) is 0 Å². The van der Waals surface area contributed by atoms with E-state index in [0.29, 0.717) is 18.1 Å². The molecule has 1 saturated heterocycles. The summed E-state index contributed by atoms with van der Waals surface area (Å²) >= 11 is 0. The third-order valence-corrected chi connectivity index (χ3v) is 5.24. The van der Waals surface area contributed by atoms with Crippen LogP contribution in [0.3, 0.4) is 0 Å². The highest BCUT2D eigenvalue weighted by Crippen LogP contribution is 2.34. The summed E-state index contributed by atoms with van der Waals surface area (Å²) in [5.74, 6) is 0.937. The van der Waals surface area contributed by atoms with E-state index in [-0.39, 0.29) is 24.5 Å². The van der Waals surface area contributed by atoms with Gasteiger partial charge in [-0.25, -0.2) is 4.79 Å². The number of rotatable bonds is 7. The van der Waals surface area contributed by atoms with Gasteiger partial charge in [-0.05, 0) is 42.5 Å². The van der Waals surface area contributed by atoms with Gasteiger partial charge in [0.25, 0.3) is 0 Å². The number of carbonyl (C=O) groups is 1. The molecule has 1 aliphatic heterocycles. The number of esters is 1. The van der Waals surface area contributed by atoms with Crippen LogP contribution < -0.4 is 4.74 Å². The Labute approximate surface area is 150 Å². The van der Waals surface area contributed by atoms with Crippen molar-refractivity contribution in [3.05, 3.63) is 29.8 Å². The predicted molar refractivity (Wildman–Crippen MR) is 95.5 cm³/mol.